The van der Waals surface area contributed by atoms with Gasteiger partial charge in [-0.15, -0.1) is 0 Å². The third-order valence-corrected chi connectivity index (χ3v) is 8.49. The Morgan fingerprint density at radius 1 is 1.15 bits per heavy atom. The summed E-state index contributed by atoms with van der Waals surface area (Å²) in [5.41, 5.74) is 8.16. The Bertz CT molecular complexity index is 1750. The second-order valence-electron chi connectivity index (χ2n) is 10.9. The van der Waals surface area contributed by atoms with Crippen LogP contribution >= 0.6 is 11.9 Å². The molecule has 0 radical (unpaired) electrons. The number of ether oxygens (including phenoxy) is 1. The Morgan fingerprint density at radius 3 is 2.60 bits per heavy atom. The number of amides is 2. The van der Waals surface area contributed by atoms with Crippen molar-refractivity contribution in [3.05, 3.63) is 81.4 Å². The molecule has 1 unspecified atom stereocenters. The number of nitrogens with two attached hydrogens (primary N) is 1. The Balaban J connectivity index is 1.34. The van der Waals surface area contributed by atoms with Gasteiger partial charge in [-0.3, -0.25) is 19.2 Å². The van der Waals surface area contributed by atoms with Crippen molar-refractivity contribution in [2.45, 2.75) is 44.2 Å². The van der Waals surface area contributed by atoms with Crippen molar-refractivity contribution in [1.29, 1.82) is 0 Å². The first-order valence-corrected chi connectivity index (χ1v) is 15.9. The van der Waals surface area contributed by atoms with Gasteiger partial charge in [0, 0.05) is 68.5 Å². The fourth-order valence-electron chi connectivity index (χ4n) is 4.82. The third kappa shape index (κ3) is 9.57. The van der Waals surface area contributed by atoms with Gasteiger partial charge in [0.15, 0.2) is 5.95 Å². The highest BCUT2D eigenvalue weighted by Crippen LogP contribution is 2.29. The van der Waals surface area contributed by atoms with Crippen LogP contribution in [0.25, 0.3) is 10.9 Å². The predicted octanol–water partition coefficient (Wildman–Crippen LogP) is 2.20. The minimum Gasteiger partial charge on any atom is -0.494 e. The summed E-state index contributed by atoms with van der Waals surface area (Å²) in [4.78, 5) is 58.0. The number of carbonyl (C=O) groups is 3. The summed E-state index contributed by atoms with van der Waals surface area (Å²) in [7, 11) is 1.74. The summed E-state index contributed by atoms with van der Waals surface area (Å²) < 4.78 is 10.4. The number of carboxylic acids is 1. The summed E-state index contributed by atoms with van der Waals surface area (Å²) in [6.07, 6.45) is 5.70. The maximum absolute atomic E-state index is 13.2. The normalized spacial score (nSPS) is 11.7. The molecule has 4 rings (SSSR count). The van der Waals surface area contributed by atoms with Gasteiger partial charge >= 0.3 is 5.97 Å². The molecule has 0 aliphatic heterocycles. The van der Waals surface area contributed by atoms with Crippen LogP contribution in [0.5, 0.6) is 5.75 Å². The molecule has 2 amide bonds. The maximum atomic E-state index is 13.2. The molecule has 0 spiro atoms. The number of anilines is 1. The van der Waals surface area contributed by atoms with Gasteiger partial charge in [0.1, 0.15) is 17.4 Å². The summed E-state index contributed by atoms with van der Waals surface area (Å²) in [6.45, 7) is 5.20. The highest BCUT2D eigenvalue weighted by molar-refractivity contribution is 7.97. The van der Waals surface area contributed by atoms with Crippen molar-refractivity contribution in [3.8, 4) is 5.75 Å². The van der Waals surface area contributed by atoms with Crippen LogP contribution in [0.3, 0.4) is 0 Å². The van der Waals surface area contributed by atoms with Gasteiger partial charge in [0.2, 0.25) is 11.3 Å². The predicted molar refractivity (Wildman–Crippen MR) is 181 cm³/mol. The molecular weight excluding hydrogens is 624 g/mol. The Labute approximate surface area is 276 Å². The van der Waals surface area contributed by atoms with Crippen molar-refractivity contribution in [3.63, 3.8) is 0 Å². The van der Waals surface area contributed by atoms with E-state index >= 15 is 0 Å². The number of rotatable bonds is 17. The minimum absolute atomic E-state index is 0.0715. The number of benzene rings is 2. The van der Waals surface area contributed by atoms with Gasteiger partial charge in [0.05, 0.1) is 12.1 Å². The van der Waals surface area contributed by atoms with Crippen molar-refractivity contribution in [2.24, 2.45) is 12.8 Å². The average molecular weight is 665 g/mol. The van der Waals surface area contributed by atoms with Crippen molar-refractivity contribution in [2.75, 3.05) is 31.6 Å². The highest BCUT2D eigenvalue weighted by atomic mass is 32.2. The van der Waals surface area contributed by atoms with Gasteiger partial charge < -0.3 is 41.1 Å². The van der Waals surface area contributed by atoms with E-state index in [1.165, 1.54) is 6.20 Å². The summed E-state index contributed by atoms with van der Waals surface area (Å²) in [5, 5.41) is 18.7. The van der Waals surface area contributed by atoms with Crippen LogP contribution in [0.2, 0.25) is 0 Å². The number of imidazole rings is 1. The number of hydrogen-bond donors (Lipinski definition) is 7. The summed E-state index contributed by atoms with van der Waals surface area (Å²) >= 11 is 1.14. The fraction of sp³-hybridized carbons (Fsp3) is 0.344. The number of nitrogens with one attached hydrogen (secondary N) is 5. The molecule has 0 fully saturated rings. The fourth-order valence-corrected chi connectivity index (χ4v) is 5.71. The molecule has 4 aromatic rings. The molecule has 47 heavy (non-hydrogen) atoms. The lowest BCUT2D eigenvalue weighted by Crippen LogP contribution is -2.44. The standard InChI is InChI=1S/C32H40N8O6S/c1-19-13-22(46-12-4-5-27(41)34-9-8-33)14-20(2)29(19)47-39-25(31(44)45)17-37-30(43)24-18-40(3)26-15-21(6-7-23(26)28(24)42)16-38-32-35-10-11-36-32/h6-7,10-11,13-15,18,25,39H,4-5,8-9,12,16-17,33H2,1-3H3,(H,34,41)(H,37,43)(H,44,45)(H2,35,36,38). The monoisotopic (exact) mass is 664 g/mol. The number of aryl methyl sites for hydroxylation is 3. The molecule has 0 aliphatic rings. The molecule has 2 heterocycles. The number of H-pyrrole nitrogens is 1. The smallest absolute Gasteiger partial charge is 0.323 e. The molecule has 14 nitrogen and oxygen atoms in total. The lowest BCUT2D eigenvalue weighted by atomic mass is 10.1. The lowest BCUT2D eigenvalue weighted by molar-refractivity contribution is -0.138. The molecule has 8 N–H and O–H groups in total. The number of fused-ring (bicyclic) bond motifs is 1. The molecule has 2 aromatic carbocycles. The number of aromatic amines is 1. The third-order valence-electron chi connectivity index (χ3n) is 7.24. The number of carbonyl (C=O) groups excluding carboxylic acids is 2. The van der Waals surface area contributed by atoms with Gasteiger partial charge in [-0.25, -0.2) is 9.71 Å². The average Bonchev–Trinajstić information content (AvgIpc) is 3.57. The van der Waals surface area contributed by atoms with E-state index in [9.17, 15) is 24.3 Å². The van der Waals surface area contributed by atoms with E-state index in [0.717, 1.165) is 33.5 Å². The van der Waals surface area contributed by atoms with Crippen molar-refractivity contribution < 1.29 is 24.2 Å². The van der Waals surface area contributed by atoms with E-state index in [-0.39, 0.29) is 18.0 Å². The van der Waals surface area contributed by atoms with Gasteiger partial charge in [-0.1, -0.05) is 6.07 Å². The molecule has 1 atom stereocenters. The summed E-state index contributed by atoms with van der Waals surface area (Å²) in [6, 6.07) is 7.89. The largest absolute Gasteiger partial charge is 0.494 e. The molecule has 250 valence electrons. The first kappa shape index (κ1) is 35.0. The first-order chi connectivity index (χ1) is 22.6. The second-order valence-corrected chi connectivity index (χ2v) is 11.8. The molecule has 0 saturated heterocycles. The number of nitrogens with zero attached hydrogens (tertiary/aromatic N) is 2. The van der Waals surface area contributed by atoms with E-state index in [0.29, 0.717) is 61.7 Å². The number of pyridine rings is 1. The van der Waals surface area contributed by atoms with Crippen LogP contribution in [0, 0.1) is 13.8 Å². The van der Waals surface area contributed by atoms with Crippen LogP contribution < -0.4 is 36.6 Å². The SMILES string of the molecule is Cc1cc(OCCCC(=O)NCCN)cc(C)c1SNC(CNC(=O)c1cn(C)c2cc(CNc3ncc[nH]3)ccc2c1=O)C(=O)O. The van der Waals surface area contributed by atoms with E-state index < -0.39 is 23.3 Å². The number of carboxylic acid groups (broad SMARTS) is 1. The number of hydrogen-bond acceptors (Lipinski definition) is 10. The molecule has 0 aliphatic carbocycles. The summed E-state index contributed by atoms with van der Waals surface area (Å²) in [5.74, 6) is -0.628. The molecular formula is C32H40N8O6S. The number of aromatic nitrogens is 3. The van der Waals surface area contributed by atoms with E-state index in [1.54, 1.807) is 36.1 Å². The zero-order valence-corrected chi connectivity index (χ0v) is 27.3. The zero-order valence-electron chi connectivity index (χ0n) is 26.5. The molecule has 0 bridgehead atoms. The zero-order chi connectivity index (χ0) is 33.9. The van der Waals surface area contributed by atoms with Crippen LogP contribution in [-0.4, -0.2) is 69.7 Å². The Hall–Kier alpha value is -4.86. The van der Waals surface area contributed by atoms with Crippen LogP contribution in [0.15, 0.2) is 58.6 Å². The quantitative estimate of drug-likeness (QED) is 0.0644. The maximum Gasteiger partial charge on any atom is 0.323 e. The van der Waals surface area contributed by atoms with E-state index in [2.05, 4.69) is 30.6 Å². The second kappa shape index (κ2) is 16.6. The van der Waals surface area contributed by atoms with Crippen molar-refractivity contribution in [1.82, 2.24) is 29.9 Å². The number of aliphatic carboxylic acids is 1. The molecule has 0 saturated carbocycles. The first-order valence-electron chi connectivity index (χ1n) is 15.1. The van der Waals surface area contributed by atoms with Crippen LogP contribution in [0.1, 0.15) is 39.9 Å². The highest BCUT2D eigenvalue weighted by Gasteiger charge is 2.22. The van der Waals surface area contributed by atoms with Crippen LogP contribution in [0.4, 0.5) is 5.95 Å². The Morgan fingerprint density at radius 2 is 1.91 bits per heavy atom. The Kier molecular flexibility index (Phi) is 12.4. The molecule has 15 heteroatoms. The van der Waals surface area contributed by atoms with E-state index in [4.69, 9.17) is 10.5 Å². The molecule has 2 aromatic heterocycles. The van der Waals surface area contributed by atoms with Crippen molar-refractivity contribution >= 4 is 46.6 Å². The minimum atomic E-state index is -1.16. The van der Waals surface area contributed by atoms with Gasteiger partial charge in [0.25, 0.3) is 5.91 Å². The van der Waals surface area contributed by atoms with E-state index in [1.807, 2.05) is 32.0 Å². The van der Waals surface area contributed by atoms with Gasteiger partial charge in [-0.2, -0.15) is 0 Å². The van der Waals surface area contributed by atoms with Crippen LogP contribution in [-0.2, 0) is 23.2 Å². The lowest BCUT2D eigenvalue weighted by Gasteiger charge is -2.18. The topological polar surface area (TPSA) is 205 Å². The van der Waals surface area contributed by atoms with Gasteiger partial charge in [-0.05, 0) is 73.2 Å².